The molecular weight excluding hydrogens is 342 g/mol. The molecule has 0 aromatic heterocycles. The summed E-state index contributed by atoms with van der Waals surface area (Å²) in [5.41, 5.74) is 1.04. The van der Waals surface area contributed by atoms with Crippen molar-refractivity contribution in [3.63, 3.8) is 0 Å². The SMILES string of the molecule is C[C@]12CN(CCC(=O)c3ccccc3)[C@H](c3ccccc3)C[C@]1(O)OCO2. The number of piperidine rings is 1. The van der Waals surface area contributed by atoms with Crippen LogP contribution in [0.2, 0.25) is 0 Å². The van der Waals surface area contributed by atoms with Crippen LogP contribution in [-0.4, -0.2) is 47.1 Å². The fourth-order valence-corrected chi connectivity index (χ4v) is 4.11. The Morgan fingerprint density at radius 1 is 1.11 bits per heavy atom. The van der Waals surface area contributed by atoms with Gasteiger partial charge in [0.2, 0.25) is 5.79 Å². The fourth-order valence-electron chi connectivity index (χ4n) is 4.11. The average Bonchev–Trinajstić information content (AvgIpc) is 3.00. The molecule has 0 radical (unpaired) electrons. The summed E-state index contributed by atoms with van der Waals surface area (Å²) in [5, 5.41) is 11.0. The lowest BCUT2D eigenvalue weighted by Crippen LogP contribution is -2.62. The van der Waals surface area contributed by atoms with Crippen molar-refractivity contribution >= 4 is 5.78 Å². The van der Waals surface area contributed by atoms with Crippen molar-refractivity contribution in [1.29, 1.82) is 0 Å². The van der Waals surface area contributed by atoms with E-state index in [1.165, 1.54) is 0 Å². The van der Waals surface area contributed by atoms with Crippen molar-refractivity contribution in [2.45, 2.75) is 37.2 Å². The molecule has 2 heterocycles. The Labute approximate surface area is 159 Å². The second-order valence-corrected chi connectivity index (χ2v) is 7.56. The maximum absolute atomic E-state index is 12.6. The third-order valence-electron chi connectivity index (χ3n) is 5.82. The number of rotatable bonds is 5. The summed E-state index contributed by atoms with van der Waals surface area (Å²) >= 11 is 0. The van der Waals surface area contributed by atoms with Gasteiger partial charge in [0.05, 0.1) is 0 Å². The van der Waals surface area contributed by atoms with E-state index in [-0.39, 0.29) is 18.6 Å². The number of Topliss-reactive ketones (excluding diaryl/α,β-unsaturated/α-hetero) is 1. The van der Waals surface area contributed by atoms with Gasteiger partial charge in [0, 0.05) is 37.5 Å². The summed E-state index contributed by atoms with van der Waals surface area (Å²) in [4.78, 5) is 14.8. The van der Waals surface area contributed by atoms with Crippen LogP contribution in [0, 0.1) is 0 Å². The number of carbonyl (C=O) groups excluding carboxylic acids is 1. The molecule has 27 heavy (non-hydrogen) atoms. The first kappa shape index (κ1) is 18.3. The zero-order chi connectivity index (χ0) is 18.9. The van der Waals surface area contributed by atoms with Crippen LogP contribution in [0.5, 0.6) is 0 Å². The van der Waals surface area contributed by atoms with Crippen LogP contribution >= 0.6 is 0 Å². The van der Waals surface area contributed by atoms with Gasteiger partial charge in [-0.05, 0) is 12.5 Å². The van der Waals surface area contributed by atoms with Gasteiger partial charge >= 0.3 is 0 Å². The second kappa shape index (κ2) is 7.17. The maximum Gasteiger partial charge on any atom is 0.200 e. The van der Waals surface area contributed by atoms with Crippen molar-refractivity contribution < 1.29 is 19.4 Å². The van der Waals surface area contributed by atoms with Crippen LogP contribution in [0.25, 0.3) is 0 Å². The Kier molecular flexibility index (Phi) is 4.86. The number of ketones is 1. The van der Waals surface area contributed by atoms with Gasteiger partial charge in [0.25, 0.3) is 0 Å². The van der Waals surface area contributed by atoms with Gasteiger partial charge in [-0.3, -0.25) is 9.69 Å². The Hall–Kier alpha value is -2.05. The lowest BCUT2D eigenvalue weighted by atomic mass is 9.81. The molecule has 2 aliphatic heterocycles. The molecule has 0 aliphatic carbocycles. The number of likely N-dealkylation sites (tertiary alicyclic amines) is 1. The summed E-state index contributed by atoms with van der Waals surface area (Å²) in [5.74, 6) is -1.19. The van der Waals surface area contributed by atoms with Crippen LogP contribution in [0.4, 0.5) is 0 Å². The Balaban J connectivity index is 1.55. The minimum absolute atomic E-state index is 0.0328. The molecular formula is C22H25NO4. The highest BCUT2D eigenvalue weighted by molar-refractivity contribution is 5.96. The minimum Gasteiger partial charge on any atom is -0.363 e. The number of carbonyl (C=O) groups is 1. The largest absolute Gasteiger partial charge is 0.363 e. The van der Waals surface area contributed by atoms with E-state index in [4.69, 9.17) is 9.47 Å². The van der Waals surface area contributed by atoms with Crippen LogP contribution in [0.3, 0.4) is 0 Å². The number of hydrogen-bond acceptors (Lipinski definition) is 5. The van der Waals surface area contributed by atoms with Crippen molar-refractivity contribution in [2.24, 2.45) is 0 Å². The van der Waals surface area contributed by atoms with Gasteiger partial charge < -0.3 is 14.6 Å². The monoisotopic (exact) mass is 367 g/mol. The summed E-state index contributed by atoms with van der Waals surface area (Å²) in [6.45, 7) is 3.08. The molecule has 5 heteroatoms. The van der Waals surface area contributed by atoms with Gasteiger partial charge in [0.1, 0.15) is 5.60 Å². The highest BCUT2D eigenvalue weighted by atomic mass is 16.8. The first-order chi connectivity index (χ1) is 13.0. The number of fused-ring (bicyclic) bond motifs is 1. The van der Waals surface area contributed by atoms with Crippen molar-refractivity contribution in [1.82, 2.24) is 4.90 Å². The fraction of sp³-hybridized carbons (Fsp3) is 0.409. The van der Waals surface area contributed by atoms with E-state index in [9.17, 15) is 9.90 Å². The summed E-state index contributed by atoms with van der Waals surface area (Å²) in [7, 11) is 0. The van der Waals surface area contributed by atoms with Gasteiger partial charge in [-0.25, -0.2) is 0 Å². The first-order valence-corrected chi connectivity index (χ1v) is 9.38. The standard InChI is InChI=1S/C22H25NO4/c1-21-15-23(13-12-20(24)18-10-6-3-7-11-18)19(17-8-4-2-5-9-17)14-22(21,25)27-16-26-21/h2-11,19,25H,12-16H2,1H3/t19-,21-,22-/m0/s1. The number of benzene rings is 2. The van der Waals surface area contributed by atoms with E-state index in [1.807, 2.05) is 55.5 Å². The van der Waals surface area contributed by atoms with Crippen LogP contribution in [0.15, 0.2) is 60.7 Å². The topological polar surface area (TPSA) is 59.0 Å². The van der Waals surface area contributed by atoms with E-state index >= 15 is 0 Å². The molecule has 3 atom stereocenters. The average molecular weight is 367 g/mol. The van der Waals surface area contributed by atoms with Crippen molar-refractivity contribution in [3.05, 3.63) is 71.8 Å². The summed E-state index contributed by atoms with van der Waals surface area (Å²) in [6.07, 6.45) is 0.829. The first-order valence-electron chi connectivity index (χ1n) is 9.38. The molecule has 2 saturated heterocycles. The lowest BCUT2D eigenvalue weighted by molar-refractivity contribution is -0.244. The third kappa shape index (κ3) is 3.44. The maximum atomic E-state index is 12.6. The van der Waals surface area contributed by atoms with Gasteiger partial charge in [0.15, 0.2) is 12.6 Å². The van der Waals surface area contributed by atoms with E-state index in [0.717, 1.165) is 11.1 Å². The van der Waals surface area contributed by atoms with E-state index in [2.05, 4.69) is 17.0 Å². The van der Waals surface area contributed by atoms with Gasteiger partial charge in [-0.2, -0.15) is 0 Å². The third-order valence-corrected chi connectivity index (χ3v) is 5.82. The predicted molar refractivity (Wildman–Crippen MR) is 101 cm³/mol. The molecule has 2 aliphatic rings. The lowest BCUT2D eigenvalue weighted by Gasteiger charge is -2.49. The molecule has 1 N–H and O–H groups in total. The van der Waals surface area contributed by atoms with Crippen LogP contribution < -0.4 is 0 Å². The molecule has 5 nitrogen and oxygen atoms in total. The quantitative estimate of drug-likeness (QED) is 0.823. The van der Waals surface area contributed by atoms with Crippen molar-refractivity contribution in [2.75, 3.05) is 19.9 Å². The minimum atomic E-state index is -1.31. The van der Waals surface area contributed by atoms with Gasteiger partial charge in [-0.15, -0.1) is 0 Å². The molecule has 2 aromatic rings. The molecule has 0 bridgehead atoms. The summed E-state index contributed by atoms with van der Waals surface area (Å²) < 4.78 is 11.3. The number of nitrogens with zero attached hydrogens (tertiary/aromatic N) is 1. The molecule has 0 unspecified atom stereocenters. The Morgan fingerprint density at radius 3 is 2.48 bits per heavy atom. The molecule has 2 aromatic carbocycles. The highest BCUT2D eigenvalue weighted by Gasteiger charge is 2.59. The molecule has 4 rings (SSSR count). The molecule has 142 valence electrons. The Morgan fingerprint density at radius 2 is 1.78 bits per heavy atom. The van der Waals surface area contributed by atoms with Crippen molar-refractivity contribution in [3.8, 4) is 0 Å². The normalized spacial score (nSPS) is 30.8. The van der Waals surface area contributed by atoms with Crippen LogP contribution in [0.1, 0.15) is 41.7 Å². The number of aliphatic hydroxyl groups is 1. The number of ether oxygens (including phenoxy) is 2. The van der Waals surface area contributed by atoms with E-state index in [0.29, 0.717) is 25.9 Å². The van der Waals surface area contributed by atoms with E-state index in [1.54, 1.807) is 0 Å². The molecule has 0 saturated carbocycles. The number of hydrogen-bond donors (Lipinski definition) is 1. The molecule has 0 spiro atoms. The molecule has 2 fully saturated rings. The smallest absolute Gasteiger partial charge is 0.200 e. The second-order valence-electron chi connectivity index (χ2n) is 7.56. The Bertz CT molecular complexity index is 796. The predicted octanol–water partition coefficient (Wildman–Crippen LogP) is 3.16. The molecule has 0 amide bonds. The zero-order valence-corrected chi connectivity index (χ0v) is 15.5. The van der Waals surface area contributed by atoms with E-state index < -0.39 is 11.4 Å². The zero-order valence-electron chi connectivity index (χ0n) is 15.5. The van der Waals surface area contributed by atoms with Crippen LogP contribution in [-0.2, 0) is 9.47 Å². The summed E-state index contributed by atoms with van der Waals surface area (Å²) in [6, 6.07) is 19.4. The van der Waals surface area contributed by atoms with Gasteiger partial charge in [-0.1, -0.05) is 60.7 Å². The highest BCUT2D eigenvalue weighted by Crippen LogP contribution is 2.47.